The van der Waals surface area contributed by atoms with Crippen LogP contribution < -0.4 is 0 Å². The molecule has 0 saturated carbocycles. The summed E-state index contributed by atoms with van der Waals surface area (Å²) in [5.41, 5.74) is 13.1. The van der Waals surface area contributed by atoms with Crippen LogP contribution in [-0.2, 0) is 0 Å². The maximum absolute atomic E-state index is 12.7. The van der Waals surface area contributed by atoms with Crippen molar-refractivity contribution in [1.29, 1.82) is 10.5 Å². The molecule has 0 aliphatic carbocycles. The molecule has 0 aliphatic rings. The molecule has 0 bridgehead atoms. The van der Waals surface area contributed by atoms with Crippen molar-refractivity contribution in [3.63, 3.8) is 0 Å². The summed E-state index contributed by atoms with van der Waals surface area (Å²) in [6.45, 7) is 0. The highest BCUT2D eigenvalue weighted by molar-refractivity contribution is 7.26. The van der Waals surface area contributed by atoms with Crippen molar-refractivity contribution in [2.24, 2.45) is 0 Å². The minimum Gasteiger partial charge on any atom is -0.306 e. The second-order valence-electron chi connectivity index (χ2n) is 21.7. The van der Waals surface area contributed by atoms with Crippen LogP contribution in [0, 0.1) is 22.7 Å². The Morgan fingerprint density at radius 3 is 1.18 bits per heavy atom. The first-order valence-electron chi connectivity index (χ1n) is 28.0. The van der Waals surface area contributed by atoms with E-state index in [1.165, 1.54) is 31.6 Å². The lowest BCUT2D eigenvalue weighted by Gasteiger charge is -2.27. The fraction of sp³-hybridized carbons (Fsp3) is 0. The molecule has 0 radical (unpaired) electrons. The smallest absolute Gasteiger partial charge is 0.104 e. The third-order valence-corrected chi connectivity index (χ3v) is 18.8. The molecule has 5 heterocycles. The van der Waals surface area contributed by atoms with Gasteiger partial charge in [0.15, 0.2) is 0 Å². The van der Waals surface area contributed by atoms with E-state index in [0.29, 0.717) is 28.2 Å². The molecule has 6 nitrogen and oxygen atoms in total. The lowest BCUT2D eigenvalue weighted by atomic mass is 9.92. The molecule has 0 unspecified atom stereocenters. The van der Waals surface area contributed by atoms with Gasteiger partial charge in [0.25, 0.3) is 0 Å². The van der Waals surface area contributed by atoms with Crippen LogP contribution in [0.1, 0.15) is 11.1 Å². The van der Waals surface area contributed by atoms with Gasteiger partial charge < -0.3 is 18.3 Å². The van der Waals surface area contributed by atoms with Gasteiger partial charge in [-0.05, 0) is 93.3 Å². The third-order valence-electron chi connectivity index (χ3n) is 17.6. The number of nitriles is 2. The monoisotopic (exact) mass is 1070 g/mol. The van der Waals surface area contributed by atoms with E-state index in [-0.39, 0.29) is 0 Å². The Hall–Kier alpha value is -11.2. The van der Waals surface area contributed by atoms with Gasteiger partial charge in [-0.15, -0.1) is 11.3 Å². The van der Waals surface area contributed by atoms with Gasteiger partial charge in [0, 0.05) is 58.6 Å². The zero-order chi connectivity index (χ0) is 54.6. The molecule has 0 atom stereocenters. The largest absolute Gasteiger partial charge is 0.306 e. The Morgan fingerprint density at radius 2 is 0.675 bits per heavy atom. The summed E-state index contributed by atoms with van der Waals surface area (Å²) >= 11 is 1.79. The Bertz CT molecular complexity index is 5670. The van der Waals surface area contributed by atoms with Gasteiger partial charge in [0.05, 0.1) is 71.6 Å². The van der Waals surface area contributed by atoms with Crippen LogP contribution in [0.3, 0.4) is 0 Å². The van der Waals surface area contributed by atoms with Crippen LogP contribution in [0.15, 0.2) is 255 Å². The third kappa shape index (κ3) is 6.13. The van der Waals surface area contributed by atoms with Crippen molar-refractivity contribution in [3.05, 3.63) is 266 Å². The number of hydrogen-bond acceptors (Lipinski definition) is 3. The van der Waals surface area contributed by atoms with Crippen LogP contribution in [0.25, 0.3) is 163 Å². The topological polar surface area (TPSA) is 67.3 Å². The second-order valence-corrected chi connectivity index (χ2v) is 22.7. The van der Waals surface area contributed by atoms with Gasteiger partial charge >= 0.3 is 0 Å². The maximum Gasteiger partial charge on any atom is 0.104 e. The van der Waals surface area contributed by atoms with Gasteiger partial charge in [0.1, 0.15) is 23.3 Å². The summed E-state index contributed by atoms with van der Waals surface area (Å²) in [6, 6.07) is 96.8. The Labute approximate surface area is 478 Å². The molecule has 0 fully saturated rings. The van der Waals surface area contributed by atoms with Crippen molar-refractivity contribution in [3.8, 4) is 46.0 Å². The maximum atomic E-state index is 12.7. The lowest BCUT2D eigenvalue weighted by molar-refractivity contribution is 1.02. The molecular formula is C76H42N6S. The summed E-state index contributed by atoms with van der Waals surface area (Å²) in [5.74, 6) is 0. The summed E-state index contributed by atoms with van der Waals surface area (Å²) in [5, 5.41) is 40.9. The van der Waals surface area contributed by atoms with Gasteiger partial charge in [0.2, 0.25) is 0 Å². The number of fused-ring (bicyclic) bond motifs is 19. The Morgan fingerprint density at radius 1 is 0.277 bits per heavy atom. The predicted molar refractivity (Wildman–Crippen MR) is 347 cm³/mol. The minimum atomic E-state index is 0.372. The molecule has 5 aromatic heterocycles. The summed E-state index contributed by atoms with van der Waals surface area (Å²) in [6.07, 6.45) is 0. The van der Waals surface area contributed by atoms with Crippen LogP contribution >= 0.6 is 11.3 Å². The first-order chi connectivity index (χ1) is 41.2. The minimum absolute atomic E-state index is 0.372. The molecular weight excluding hydrogens is 1030 g/mol. The average Bonchev–Trinajstić information content (AvgIpc) is 2.65. The van der Waals surface area contributed by atoms with Crippen molar-refractivity contribution in [1.82, 2.24) is 18.3 Å². The average molecular weight is 1070 g/mol. The molecule has 0 amide bonds. The highest BCUT2D eigenvalue weighted by atomic mass is 32.1. The lowest BCUT2D eigenvalue weighted by Crippen LogP contribution is -2.17. The van der Waals surface area contributed by atoms with E-state index in [0.717, 1.165) is 114 Å². The van der Waals surface area contributed by atoms with E-state index >= 15 is 0 Å². The van der Waals surface area contributed by atoms with Gasteiger partial charge in [-0.25, -0.2) is 0 Å². The highest BCUT2D eigenvalue weighted by Gasteiger charge is 2.35. The van der Waals surface area contributed by atoms with Crippen molar-refractivity contribution in [2.75, 3.05) is 0 Å². The second kappa shape index (κ2) is 17.1. The number of para-hydroxylation sites is 6. The van der Waals surface area contributed by atoms with E-state index in [1.54, 1.807) is 11.3 Å². The Kier molecular flexibility index (Phi) is 9.42. The highest BCUT2D eigenvalue weighted by Crippen LogP contribution is 2.51. The molecule has 0 spiro atoms. The molecule has 0 N–H and O–H groups in total. The molecule has 83 heavy (non-hydrogen) atoms. The van der Waals surface area contributed by atoms with E-state index in [1.807, 2.05) is 0 Å². The van der Waals surface area contributed by atoms with Crippen LogP contribution in [0.2, 0.25) is 0 Å². The van der Waals surface area contributed by atoms with E-state index < -0.39 is 0 Å². The van der Waals surface area contributed by atoms with E-state index in [9.17, 15) is 10.5 Å². The number of nitrogens with zero attached hydrogens (tertiary/aromatic N) is 6. The van der Waals surface area contributed by atoms with Gasteiger partial charge in [-0.2, -0.15) is 10.5 Å². The number of hydrogen-bond donors (Lipinski definition) is 0. The molecule has 13 aromatic carbocycles. The van der Waals surface area contributed by atoms with E-state index in [4.69, 9.17) is 0 Å². The molecule has 0 aliphatic heterocycles. The SMILES string of the molecule is N#Cc1c(-n2c3ccccc3c3ccccc32)c(C#N)c(-n2c3ccccc3c3ccccc32)c(-n2c3ccc(-c4cc5ccccc5c5ccccc45)cc3c3ccc4c5ccccc5sc4c32)c1-n1c2ccccc2c2ccccc21. The van der Waals surface area contributed by atoms with Crippen LogP contribution in [0.5, 0.6) is 0 Å². The molecule has 18 aromatic rings. The van der Waals surface area contributed by atoms with Gasteiger partial charge in [-0.3, -0.25) is 0 Å². The molecule has 382 valence electrons. The quantitative estimate of drug-likeness (QED) is 0.161. The Balaban J connectivity index is 1.13. The molecule has 18 rings (SSSR count). The number of rotatable bonds is 5. The summed E-state index contributed by atoms with van der Waals surface area (Å²) in [7, 11) is 0. The fourth-order valence-electron chi connectivity index (χ4n) is 14.2. The first-order valence-corrected chi connectivity index (χ1v) is 28.8. The normalized spacial score (nSPS) is 12.1. The predicted octanol–water partition coefficient (Wildman–Crippen LogP) is 20.2. The zero-order valence-electron chi connectivity index (χ0n) is 44.3. The van der Waals surface area contributed by atoms with Crippen LogP contribution in [-0.4, -0.2) is 18.3 Å². The van der Waals surface area contributed by atoms with E-state index in [2.05, 4.69) is 285 Å². The summed E-state index contributed by atoms with van der Waals surface area (Å²) in [4.78, 5) is 0. The number of thiophene rings is 1. The van der Waals surface area contributed by atoms with Gasteiger partial charge in [-0.1, -0.05) is 194 Å². The zero-order valence-corrected chi connectivity index (χ0v) is 45.2. The van der Waals surface area contributed by atoms with Crippen molar-refractivity contribution >= 4 is 140 Å². The number of benzene rings is 13. The van der Waals surface area contributed by atoms with Crippen molar-refractivity contribution < 1.29 is 0 Å². The number of aromatic nitrogens is 4. The standard InChI is InChI=1S/C76H42N6S/c77-43-61-71(79-63-30-12-5-23-50(63)51-24-6-13-31-64(51)79)62(44-78)73(81-67-34-16-9-27-54(67)55-28-10-17-35-68(55)81)75(72(61)80-65-32-14-7-25-52(65)53-26-8-15-33-66(53)80)82-69-40-37-46(59-41-45-19-1-2-20-47(45)48-21-3-4-22-49(48)59)42-60(69)57-38-39-58-56-29-11-18-36-70(56)83-76(58)74(57)82/h1-42H. The summed E-state index contributed by atoms with van der Waals surface area (Å²) < 4.78 is 11.6. The fourth-order valence-corrected chi connectivity index (χ4v) is 15.5. The molecule has 0 saturated heterocycles. The molecule has 7 heteroatoms. The first kappa shape index (κ1) is 45.6. The van der Waals surface area contributed by atoms with Crippen LogP contribution in [0.4, 0.5) is 0 Å². The van der Waals surface area contributed by atoms with Crippen molar-refractivity contribution in [2.45, 2.75) is 0 Å².